The predicted molar refractivity (Wildman–Crippen MR) is 149 cm³/mol. The zero-order valence-corrected chi connectivity index (χ0v) is 23.9. The van der Waals surface area contributed by atoms with Crippen molar-refractivity contribution in [3.8, 4) is 0 Å². The van der Waals surface area contributed by atoms with Crippen LogP contribution in [0.1, 0.15) is 40.2 Å². The van der Waals surface area contributed by atoms with Crippen LogP contribution in [-0.2, 0) is 36.1 Å². The standard InChI is InChI=1S/C25H24N4O5S2.C2HF3O2/c1-16-13-17(11-12-19(16)23-15-24(30)29-36(23,33)34)14-22(25-26-20-9-5-6-10-21(20)27-25)28-35(31,32)18-7-3-2-4-8-18;3-2(4,5)1(6)7/h2-13,22-23,28H,14-15H2,1H3,(H,26,27)(H,29,30);(H,6,7)/t22-,23-;/m0./s1. The van der Waals surface area contributed by atoms with E-state index >= 15 is 0 Å². The molecule has 0 bridgehead atoms. The summed E-state index contributed by atoms with van der Waals surface area (Å²) in [7, 11) is -7.62. The van der Waals surface area contributed by atoms with E-state index in [4.69, 9.17) is 9.90 Å². The van der Waals surface area contributed by atoms with E-state index < -0.39 is 49.4 Å². The van der Waals surface area contributed by atoms with Crippen molar-refractivity contribution in [2.24, 2.45) is 0 Å². The number of aryl methyl sites for hydroxylation is 1. The van der Waals surface area contributed by atoms with Crippen molar-refractivity contribution in [2.45, 2.75) is 42.1 Å². The maximum atomic E-state index is 13.2. The van der Waals surface area contributed by atoms with Gasteiger partial charge in [-0.2, -0.15) is 13.2 Å². The van der Waals surface area contributed by atoms with Crippen molar-refractivity contribution in [1.82, 2.24) is 19.4 Å². The number of carbonyl (C=O) groups is 2. The number of carbonyl (C=O) groups excluding carboxylic acids is 1. The van der Waals surface area contributed by atoms with Crippen LogP contribution in [0.4, 0.5) is 13.2 Å². The molecule has 1 amide bonds. The minimum Gasteiger partial charge on any atom is -0.475 e. The van der Waals surface area contributed by atoms with Gasteiger partial charge in [0, 0.05) is 0 Å². The molecule has 0 spiro atoms. The molecule has 0 unspecified atom stereocenters. The van der Waals surface area contributed by atoms with Gasteiger partial charge in [-0.1, -0.05) is 48.5 Å². The number of aliphatic carboxylic acids is 1. The topological polar surface area (TPSA) is 175 Å². The Kier molecular flexibility index (Phi) is 8.94. The SMILES string of the molecule is Cc1cc(C[C@H](NS(=O)(=O)c2ccccc2)c2nc3ccccc3[nH]2)ccc1[C@@H]1CC(=O)NS1(=O)=O.O=C(O)C(F)(F)F. The first-order valence-electron chi connectivity index (χ1n) is 12.5. The van der Waals surface area contributed by atoms with Crippen LogP contribution in [0.25, 0.3) is 11.0 Å². The van der Waals surface area contributed by atoms with Gasteiger partial charge in [-0.15, -0.1) is 0 Å². The molecule has 0 saturated carbocycles. The van der Waals surface area contributed by atoms with Gasteiger partial charge in [0.1, 0.15) is 11.1 Å². The van der Waals surface area contributed by atoms with Gasteiger partial charge in [0.05, 0.1) is 28.4 Å². The summed E-state index contributed by atoms with van der Waals surface area (Å²) in [5.74, 6) is -2.82. The molecule has 0 aliphatic carbocycles. The first kappa shape index (κ1) is 31.7. The quantitative estimate of drug-likeness (QED) is 0.237. The van der Waals surface area contributed by atoms with Gasteiger partial charge >= 0.3 is 12.1 Å². The summed E-state index contributed by atoms with van der Waals surface area (Å²) >= 11 is 0. The largest absolute Gasteiger partial charge is 0.490 e. The number of alkyl halides is 3. The van der Waals surface area contributed by atoms with Crippen molar-refractivity contribution in [3.05, 3.63) is 95.3 Å². The fraction of sp³-hybridized carbons (Fsp3) is 0.222. The molecule has 2 atom stereocenters. The lowest BCUT2D eigenvalue weighted by Crippen LogP contribution is -2.31. The number of amides is 1. The van der Waals surface area contributed by atoms with Gasteiger partial charge in [0.2, 0.25) is 26.0 Å². The molecule has 4 N–H and O–H groups in total. The van der Waals surface area contributed by atoms with Crippen LogP contribution in [-0.4, -0.2) is 50.0 Å². The molecule has 3 aromatic carbocycles. The van der Waals surface area contributed by atoms with Crippen LogP contribution in [0, 0.1) is 6.92 Å². The van der Waals surface area contributed by atoms with Crippen LogP contribution < -0.4 is 9.44 Å². The maximum Gasteiger partial charge on any atom is 0.490 e. The normalized spacial score (nSPS) is 17.1. The molecule has 11 nitrogen and oxygen atoms in total. The Hall–Kier alpha value is -4.28. The molecule has 2 heterocycles. The molecular formula is C27H25F3N4O7S2. The van der Waals surface area contributed by atoms with E-state index in [1.165, 1.54) is 12.1 Å². The van der Waals surface area contributed by atoms with Crippen LogP contribution in [0.15, 0.2) is 77.7 Å². The summed E-state index contributed by atoms with van der Waals surface area (Å²) < 4.78 is 87.5. The third-order valence-electron chi connectivity index (χ3n) is 6.45. The predicted octanol–water partition coefficient (Wildman–Crippen LogP) is 3.66. The Morgan fingerprint density at radius 2 is 1.72 bits per heavy atom. The Morgan fingerprint density at radius 1 is 1.09 bits per heavy atom. The minimum atomic E-state index is -5.08. The number of sulfonamides is 2. The highest BCUT2D eigenvalue weighted by atomic mass is 32.2. The summed E-state index contributed by atoms with van der Waals surface area (Å²) in [6.07, 6.45) is -4.94. The number of aromatic nitrogens is 2. The zero-order valence-electron chi connectivity index (χ0n) is 22.3. The molecule has 5 rings (SSSR count). The van der Waals surface area contributed by atoms with E-state index in [1.807, 2.05) is 35.1 Å². The van der Waals surface area contributed by atoms with Crippen molar-refractivity contribution < 1.29 is 44.7 Å². The van der Waals surface area contributed by atoms with Crippen LogP contribution in [0.5, 0.6) is 0 Å². The highest BCUT2D eigenvalue weighted by molar-refractivity contribution is 7.90. The number of rotatable bonds is 7. The summed E-state index contributed by atoms with van der Waals surface area (Å²) in [6.45, 7) is 1.78. The highest BCUT2D eigenvalue weighted by Crippen LogP contribution is 2.33. The molecule has 1 aliphatic heterocycles. The first-order chi connectivity index (χ1) is 20.1. The smallest absolute Gasteiger partial charge is 0.475 e. The lowest BCUT2D eigenvalue weighted by molar-refractivity contribution is -0.192. The number of hydrogen-bond donors (Lipinski definition) is 4. The summed E-state index contributed by atoms with van der Waals surface area (Å²) in [5, 5.41) is 6.18. The summed E-state index contributed by atoms with van der Waals surface area (Å²) in [6, 6.07) is 20.1. The van der Waals surface area contributed by atoms with E-state index in [2.05, 4.69) is 14.7 Å². The second kappa shape index (κ2) is 12.1. The molecular weight excluding hydrogens is 613 g/mol. The minimum absolute atomic E-state index is 0.124. The van der Waals surface area contributed by atoms with Crippen LogP contribution in [0.2, 0.25) is 0 Å². The number of nitrogens with one attached hydrogen (secondary N) is 3. The van der Waals surface area contributed by atoms with Gasteiger partial charge in [-0.05, 0) is 54.3 Å². The molecule has 228 valence electrons. The number of H-pyrrole nitrogens is 1. The highest BCUT2D eigenvalue weighted by Gasteiger charge is 2.39. The van der Waals surface area contributed by atoms with Gasteiger partial charge in [0.15, 0.2) is 0 Å². The third-order valence-corrected chi connectivity index (χ3v) is 9.62. The number of imidazole rings is 1. The average molecular weight is 639 g/mol. The molecule has 1 aromatic heterocycles. The lowest BCUT2D eigenvalue weighted by atomic mass is 9.97. The van der Waals surface area contributed by atoms with E-state index in [0.29, 0.717) is 22.5 Å². The average Bonchev–Trinajstić information content (AvgIpc) is 3.48. The number of carboxylic acids is 1. The number of benzene rings is 3. The molecule has 1 aliphatic rings. The number of nitrogens with zero attached hydrogens (tertiary/aromatic N) is 1. The Morgan fingerprint density at radius 3 is 2.28 bits per heavy atom. The molecule has 43 heavy (non-hydrogen) atoms. The van der Waals surface area contributed by atoms with Crippen molar-refractivity contribution in [1.29, 1.82) is 0 Å². The van der Waals surface area contributed by atoms with Crippen molar-refractivity contribution >= 4 is 43.0 Å². The lowest BCUT2D eigenvalue weighted by Gasteiger charge is -2.19. The molecule has 1 saturated heterocycles. The Labute approximate surface area is 244 Å². The molecule has 16 heteroatoms. The monoisotopic (exact) mass is 638 g/mol. The summed E-state index contributed by atoms with van der Waals surface area (Å²) in [5.41, 5.74) is 3.53. The maximum absolute atomic E-state index is 13.2. The van der Waals surface area contributed by atoms with E-state index in [9.17, 15) is 34.8 Å². The molecule has 0 radical (unpaired) electrons. The number of hydrogen-bond acceptors (Lipinski definition) is 7. The second-order valence-electron chi connectivity index (χ2n) is 9.59. The molecule has 4 aromatic rings. The zero-order chi connectivity index (χ0) is 31.6. The Bertz CT molecular complexity index is 1840. The third kappa shape index (κ3) is 7.57. The van der Waals surface area contributed by atoms with E-state index in [1.54, 1.807) is 37.3 Å². The van der Waals surface area contributed by atoms with E-state index in [0.717, 1.165) is 11.1 Å². The number of fused-ring (bicyclic) bond motifs is 1. The fourth-order valence-corrected chi connectivity index (χ4v) is 7.21. The van der Waals surface area contributed by atoms with Gasteiger partial charge in [-0.25, -0.2) is 31.3 Å². The second-order valence-corrected chi connectivity index (χ2v) is 13.2. The van der Waals surface area contributed by atoms with Gasteiger partial charge < -0.3 is 10.1 Å². The summed E-state index contributed by atoms with van der Waals surface area (Å²) in [4.78, 5) is 28.5. The first-order valence-corrected chi connectivity index (χ1v) is 15.6. The Balaban J connectivity index is 0.000000541. The number of aromatic amines is 1. The fourth-order valence-electron chi connectivity index (χ4n) is 4.48. The van der Waals surface area contributed by atoms with Crippen LogP contribution >= 0.6 is 0 Å². The number of para-hydroxylation sites is 2. The molecule has 1 fully saturated rings. The van der Waals surface area contributed by atoms with E-state index in [-0.39, 0.29) is 17.7 Å². The number of halogens is 3. The van der Waals surface area contributed by atoms with Crippen LogP contribution in [0.3, 0.4) is 0 Å². The number of carboxylic acid groups (broad SMARTS) is 1. The van der Waals surface area contributed by atoms with Gasteiger partial charge in [-0.3, -0.25) is 9.52 Å². The van der Waals surface area contributed by atoms with Crippen molar-refractivity contribution in [2.75, 3.05) is 0 Å². The van der Waals surface area contributed by atoms with Gasteiger partial charge in [0.25, 0.3) is 0 Å². The van der Waals surface area contributed by atoms with Crippen molar-refractivity contribution in [3.63, 3.8) is 0 Å².